The van der Waals surface area contributed by atoms with Crippen molar-refractivity contribution in [2.45, 2.75) is 44.7 Å². The third kappa shape index (κ3) is 4.34. The highest BCUT2D eigenvalue weighted by atomic mass is 35.5. The Morgan fingerprint density at radius 3 is 2.58 bits per heavy atom. The number of alkyl halides is 1. The maximum atomic E-state index is 13.1. The van der Waals surface area contributed by atoms with Crippen LogP contribution in [0, 0.1) is 5.82 Å². The average molecular weight is 304 g/mol. The highest BCUT2D eigenvalue weighted by Crippen LogP contribution is 2.26. The van der Waals surface area contributed by atoms with Crippen molar-refractivity contribution in [3.63, 3.8) is 0 Å². The number of hydrogen-bond acceptors (Lipinski definition) is 1. The smallest absolute Gasteiger partial charge is 0.124 e. The molecule has 0 heterocycles. The summed E-state index contributed by atoms with van der Waals surface area (Å²) >= 11 is 12.0. The predicted octanol–water partition coefficient (Wildman–Crippen LogP) is 4.85. The van der Waals surface area contributed by atoms with Gasteiger partial charge in [-0.05, 0) is 30.5 Å². The fourth-order valence-electron chi connectivity index (χ4n) is 2.81. The highest BCUT2D eigenvalue weighted by molar-refractivity contribution is 6.31. The fourth-order valence-corrected chi connectivity index (χ4v) is 3.26. The summed E-state index contributed by atoms with van der Waals surface area (Å²) in [7, 11) is 0. The number of benzene rings is 1. The van der Waals surface area contributed by atoms with Crippen molar-refractivity contribution in [1.82, 2.24) is 4.90 Å². The largest absolute Gasteiger partial charge is 0.295 e. The molecular weight excluding hydrogens is 284 g/mol. The highest BCUT2D eigenvalue weighted by Gasteiger charge is 2.21. The topological polar surface area (TPSA) is 3.24 Å². The van der Waals surface area contributed by atoms with Crippen LogP contribution in [-0.2, 0) is 6.54 Å². The third-order valence-corrected chi connectivity index (χ3v) is 4.37. The molecule has 1 aromatic rings. The maximum Gasteiger partial charge on any atom is 0.124 e. The van der Waals surface area contributed by atoms with Gasteiger partial charge in [0.05, 0.1) is 0 Å². The first-order chi connectivity index (χ1) is 9.20. The molecule has 1 aromatic carbocycles. The number of hydrogen-bond donors (Lipinski definition) is 0. The molecule has 0 radical (unpaired) electrons. The molecule has 0 spiro atoms. The lowest BCUT2D eigenvalue weighted by Crippen LogP contribution is -2.37. The Kier molecular flexibility index (Phi) is 5.93. The Morgan fingerprint density at radius 2 is 1.95 bits per heavy atom. The van der Waals surface area contributed by atoms with Crippen molar-refractivity contribution in [2.24, 2.45) is 0 Å². The molecule has 2 rings (SSSR count). The quantitative estimate of drug-likeness (QED) is 0.703. The Hall–Kier alpha value is -0.310. The maximum absolute atomic E-state index is 13.1. The lowest BCUT2D eigenvalue weighted by atomic mass is 9.94. The molecule has 0 N–H and O–H groups in total. The fraction of sp³-hybridized carbons (Fsp3) is 0.600. The van der Waals surface area contributed by atoms with E-state index in [-0.39, 0.29) is 5.82 Å². The SMILES string of the molecule is Fc1ccc(CN(CCCl)C2CCCCC2)c(Cl)c1. The van der Waals surface area contributed by atoms with Crippen LogP contribution in [0.5, 0.6) is 0 Å². The molecule has 0 amide bonds. The van der Waals surface area contributed by atoms with E-state index in [0.29, 0.717) is 16.9 Å². The summed E-state index contributed by atoms with van der Waals surface area (Å²) < 4.78 is 13.1. The van der Waals surface area contributed by atoms with Gasteiger partial charge in [0, 0.05) is 30.0 Å². The van der Waals surface area contributed by atoms with Gasteiger partial charge in [-0.15, -0.1) is 11.6 Å². The Balaban J connectivity index is 2.06. The van der Waals surface area contributed by atoms with Crippen LogP contribution in [0.3, 0.4) is 0 Å². The van der Waals surface area contributed by atoms with Gasteiger partial charge in [-0.2, -0.15) is 0 Å². The third-order valence-electron chi connectivity index (χ3n) is 3.85. The van der Waals surface area contributed by atoms with Gasteiger partial charge in [-0.3, -0.25) is 4.90 Å². The molecule has 106 valence electrons. The summed E-state index contributed by atoms with van der Waals surface area (Å²) in [5.74, 6) is 0.338. The van der Waals surface area contributed by atoms with Crippen molar-refractivity contribution in [3.8, 4) is 0 Å². The van der Waals surface area contributed by atoms with Gasteiger partial charge in [0.2, 0.25) is 0 Å². The van der Waals surface area contributed by atoms with Crippen molar-refractivity contribution in [2.75, 3.05) is 12.4 Å². The molecular formula is C15H20Cl2FN. The summed E-state index contributed by atoms with van der Waals surface area (Å²) in [4.78, 5) is 2.39. The summed E-state index contributed by atoms with van der Waals surface area (Å²) in [6.45, 7) is 1.62. The minimum absolute atomic E-state index is 0.282. The van der Waals surface area contributed by atoms with E-state index < -0.39 is 0 Å². The second kappa shape index (κ2) is 7.47. The van der Waals surface area contributed by atoms with Crippen LogP contribution in [0.25, 0.3) is 0 Å². The molecule has 0 aliphatic heterocycles. The second-order valence-corrected chi connectivity index (χ2v) is 5.97. The minimum Gasteiger partial charge on any atom is -0.295 e. The van der Waals surface area contributed by atoms with Gasteiger partial charge < -0.3 is 0 Å². The average Bonchev–Trinajstić information content (AvgIpc) is 2.42. The van der Waals surface area contributed by atoms with Crippen LogP contribution in [-0.4, -0.2) is 23.4 Å². The molecule has 1 aliphatic carbocycles. The molecule has 0 unspecified atom stereocenters. The van der Waals surface area contributed by atoms with E-state index in [9.17, 15) is 4.39 Å². The number of halogens is 3. The number of rotatable bonds is 5. The molecule has 0 bridgehead atoms. The normalized spacial score (nSPS) is 17.1. The van der Waals surface area contributed by atoms with Gasteiger partial charge >= 0.3 is 0 Å². The molecule has 1 aliphatic rings. The predicted molar refractivity (Wildman–Crippen MR) is 79.4 cm³/mol. The zero-order valence-electron chi connectivity index (χ0n) is 11.0. The van der Waals surface area contributed by atoms with Gasteiger partial charge in [0.25, 0.3) is 0 Å². The van der Waals surface area contributed by atoms with E-state index in [4.69, 9.17) is 23.2 Å². The van der Waals surface area contributed by atoms with E-state index in [1.54, 1.807) is 6.07 Å². The number of nitrogens with zero attached hydrogens (tertiary/aromatic N) is 1. The van der Waals surface area contributed by atoms with Crippen LogP contribution in [0.4, 0.5) is 4.39 Å². The van der Waals surface area contributed by atoms with Crippen molar-refractivity contribution >= 4 is 23.2 Å². The zero-order valence-corrected chi connectivity index (χ0v) is 12.6. The summed E-state index contributed by atoms with van der Waals surface area (Å²) in [5.41, 5.74) is 0.985. The zero-order chi connectivity index (χ0) is 13.7. The van der Waals surface area contributed by atoms with Crippen molar-refractivity contribution < 1.29 is 4.39 Å². The minimum atomic E-state index is -0.282. The summed E-state index contributed by atoms with van der Waals surface area (Å²) in [6.07, 6.45) is 6.38. The van der Waals surface area contributed by atoms with E-state index in [2.05, 4.69) is 4.90 Å². The first-order valence-electron chi connectivity index (χ1n) is 6.94. The molecule has 1 nitrogen and oxygen atoms in total. The molecule has 19 heavy (non-hydrogen) atoms. The molecule has 1 saturated carbocycles. The first-order valence-corrected chi connectivity index (χ1v) is 7.86. The Bertz CT molecular complexity index is 405. The lowest BCUT2D eigenvalue weighted by Gasteiger charge is -2.34. The standard InChI is InChI=1S/C15H20Cl2FN/c16-8-9-19(14-4-2-1-3-5-14)11-12-6-7-13(18)10-15(12)17/h6-7,10,14H,1-5,8-9,11H2. The van der Waals surface area contributed by atoms with Gasteiger partial charge in [-0.25, -0.2) is 4.39 Å². The molecule has 1 fully saturated rings. The van der Waals surface area contributed by atoms with E-state index in [1.165, 1.54) is 44.2 Å². The van der Waals surface area contributed by atoms with Crippen LogP contribution in [0.2, 0.25) is 5.02 Å². The molecule has 0 aromatic heterocycles. The summed E-state index contributed by atoms with van der Waals surface area (Å²) in [6, 6.07) is 5.23. The van der Waals surface area contributed by atoms with E-state index >= 15 is 0 Å². The van der Waals surface area contributed by atoms with Crippen LogP contribution < -0.4 is 0 Å². The van der Waals surface area contributed by atoms with E-state index in [1.807, 2.05) is 0 Å². The van der Waals surface area contributed by atoms with Crippen molar-refractivity contribution in [3.05, 3.63) is 34.6 Å². The van der Waals surface area contributed by atoms with Crippen LogP contribution in [0.1, 0.15) is 37.7 Å². The first kappa shape index (κ1) is 15.1. The second-order valence-electron chi connectivity index (χ2n) is 5.19. The van der Waals surface area contributed by atoms with Gasteiger partial charge in [0.15, 0.2) is 0 Å². The van der Waals surface area contributed by atoms with E-state index in [0.717, 1.165) is 18.7 Å². The Morgan fingerprint density at radius 1 is 1.21 bits per heavy atom. The lowest BCUT2D eigenvalue weighted by molar-refractivity contribution is 0.157. The monoisotopic (exact) mass is 303 g/mol. The molecule has 0 atom stereocenters. The van der Waals surface area contributed by atoms with Gasteiger partial charge in [-0.1, -0.05) is 36.9 Å². The Labute approximate surface area is 124 Å². The van der Waals surface area contributed by atoms with Crippen LogP contribution in [0.15, 0.2) is 18.2 Å². The van der Waals surface area contributed by atoms with Crippen molar-refractivity contribution in [1.29, 1.82) is 0 Å². The van der Waals surface area contributed by atoms with Crippen LogP contribution >= 0.6 is 23.2 Å². The summed E-state index contributed by atoms with van der Waals surface area (Å²) in [5, 5.41) is 0.510. The molecule has 4 heteroatoms. The van der Waals surface area contributed by atoms with Gasteiger partial charge in [0.1, 0.15) is 5.82 Å². The molecule has 0 saturated heterocycles.